The van der Waals surface area contributed by atoms with Crippen molar-refractivity contribution < 1.29 is 23.9 Å². The molecule has 0 fully saturated rings. The minimum absolute atomic E-state index is 0.00958. The van der Waals surface area contributed by atoms with Crippen LogP contribution in [0.1, 0.15) is 18.4 Å². The summed E-state index contributed by atoms with van der Waals surface area (Å²) in [4.78, 5) is 29.2. The number of nitrogens with one attached hydrogen (secondary N) is 1. The lowest BCUT2D eigenvalue weighted by Gasteiger charge is -2.23. The average Bonchev–Trinajstić information content (AvgIpc) is 3.06. The predicted molar refractivity (Wildman–Crippen MR) is 98.6 cm³/mol. The summed E-state index contributed by atoms with van der Waals surface area (Å²) in [5, 5.41) is 15.6. The topological polar surface area (TPSA) is 88.0 Å². The highest BCUT2D eigenvalue weighted by molar-refractivity contribution is 6.08. The van der Waals surface area contributed by atoms with E-state index in [0.29, 0.717) is 11.4 Å². The number of hydrogen-bond donors (Lipinski definition) is 2. The maximum Gasteiger partial charge on any atom is 0.308 e. The summed E-state index contributed by atoms with van der Waals surface area (Å²) in [5.74, 6) is -2.28. The highest BCUT2D eigenvalue weighted by Crippen LogP contribution is 2.30. The number of halogens is 1. The van der Waals surface area contributed by atoms with Gasteiger partial charge in [-0.1, -0.05) is 41.6 Å². The molecule has 1 aliphatic heterocycles. The number of carboxylic acids is 1. The number of aliphatic carboxylic acids is 1. The number of hydrogen-bond acceptors (Lipinski definition) is 4. The zero-order valence-electron chi connectivity index (χ0n) is 14.3. The van der Waals surface area contributed by atoms with Gasteiger partial charge in [-0.3, -0.25) is 9.59 Å². The summed E-state index contributed by atoms with van der Waals surface area (Å²) >= 11 is 0. The van der Waals surface area contributed by atoms with E-state index in [1.165, 1.54) is 24.3 Å². The molecule has 1 unspecified atom stereocenters. The Bertz CT molecular complexity index is 894. The minimum Gasteiger partial charge on any atom is -0.481 e. The standard InChI is InChI=1S/C20H17FN2O4/c21-15-7-10-16(11-8-15)22-19(26)20(13-18(24)25)12-17(23-27-20)9-6-14-4-2-1-3-5-14/h1-11H,12-13H2,(H,22,26)(H,24,25). The molecule has 0 radical (unpaired) electrons. The number of allylic oxidation sites excluding steroid dienone is 1. The monoisotopic (exact) mass is 368 g/mol. The van der Waals surface area contributed by atoms with E-state index in [2.05, 4.69) is 10.5 Å². The maximum absolute atomic E-state index is 13.0. The van der Waals surface area contributed by atoms with Gasteiger partial charge in [0, 0.05) is 12.1 Å². The van der Waals surface area contributed by atoms with Crippen LogP contribution in [0.5, 0.6) is 0 Å². The lowest BCUT2D eigenvalue weighted by molar-refractivity contribution is -0.152. The molecule has 2 N–H and O–H groups in total. The van der Waals surface area contributed by atoms with Gasteiger partial charge in [0.25, 0.3) is 5.91 Å². The Morgan fingerprint density at radius 1 is 1.15 bits per heavy atom. The molecule has 2 aromatic rings. The van der Waals surface area contributed by atoms with Crippen LogP contribution in [0, 0.1) is 5.82 Å². The van der Waals surface area contributed by atoms with E-state index in [1.807, 2.05) is 30.3 Å². The molecule has 0 saturated heterocycles. The van der Waals surface area contributed by atoms with Crippen LogP contribution in [0.25, 0.3) is 6.08 Å². The van der Waals surface area contributed by atoms with E-state index in [9.17, 15) is 19.1 Å². The van der Waals surface area contributed by atoms with Crippen molar-refractivity contribution in [3.05, 3.63) is 72.1 Å². The summed E-state index contributed by atoms with van der Waals surface area (Å²) in [6.07, 6.45) is 2.95. The smallest absolute Gasteiger partial charge is 0.308 e. The number of anilines is 1. The van der Waals surface area contributed by atoms with Gasteiger partial charge in [0.15, 0.2) is 0 Å². The summed E-state index contributed by atoms with van der Waals surface area (Å²) in [7, 11) is 0. The molecule has 1 aliphatic rings. The van der Waals surface area contributed by atoms with Crippen molar-refractivity contribution in [1.29, 1.82) is 0 Å². The Balaban J connectivity index is 1.74. The van der Waals surface area contributed by atoms with Gasteiger partial charge in [-0.05, 0) is 35.9 Å². The number of amides is 1. The summed E-state index contributed by atoms with van der Waals surface area (Å²) in [5.41, 5.74) is 0.0698. The molecular weight excluding hydrogens is 351 g/mol. The number of rotatable bonds is 6. The normalized spacial score (nSPS) is 18.8. The molecule has 0 spiro atoms. The molecule has 0 saturated carbocycles. The maximum atomic E-state index is 13.0. The van der Waals surface area contributed by atoms with Gasteiger partial charge in [-0.15, -0.1) is 0 Å². The zero-order valence-corrected chi connectivity index (χ0v) is 14.3. The number of carbonyl (C=O) groups excluding carboxylic acids is 1. The Hall–Kier alpha value is -3.48. The van der Waals surface area contributed by atoms with Gasteiger partial charge < -0.3 is 15.3 Å². The fourth-order valence-electron chi connectivity index (χ4n) is 2.67. The van der Waals surface area contributed by atoms with E-state index in [0.717, 1.165) is 5.56 Å². The third-order valence-corrected chi connectivity index (χ3v) is 4.02. The zero-order chi connectivity index (χ0) is 19.3. The molecule has 3 rings (SSSR count). The van der Waals surface area contributed by atoms with Gasteiger partial charge >= 0.3 is 5.97 Å². The fraction of sp³-hybridized carbons (Fsp3) is 0.150. The third-order valence-electron chi connectivity index (χ3n) is 4.02. The molecule has 7 heteroatoms. The van der Waals surface area contributed by atoms with E-state index >= 15 is 0 Å². The molecular formula is C20H17FN2O4. The minimum atomic E-state index is -1.66. The van der Waals surface area contributed by atoms with Gasteiger partial charge in [0.1, 0.15) is 5.82 Å². The third kappa shape index (κ3) is 4.58. The van der Waals surface area contributed by atoms with E-state index in [4.69, 9.17) is 4.84 Å². The summed E-state index contributed by atoms with van der Waals surface area (Å²) < 4.78 is 13.0. The van der Waals surface area contributed by atoms with Crippen LogP contribution in [0.3, 0.4) is 0 Å². The van der Waals surface area contributed by atoms with Crippen LogP contribution in [-0.4, -0.2) is 28.3 Å². The van der Waals surface area contributed by atoms with E-state index in [-0.39, 0.29) is 6.42 Å². The molecule has 2 aromatic carbocycles. The molecule has 0 aliphatic carbocycles. The number of oxime groups is 1. The first-order valence-electron chi connectivity index (χ1n) is 8.24. The lowest BCUT2D eigenvalue weighted by atomic mass is 9.92. The van der Waals surface area contributed by atoms with E-state index < -0.39 is 29.7 Å². The molecule has 6 nitrogen and oxygen atoms in total. The van der Waals surface area contributed by atoms with Crippen molar-refractivity contribution in [3.8, 4) is 0 Å². The summed E-state index contributed by atoms with van der Waals surface area (Å²) in [6.45, 7) is 0. The second-order valence-electron chi connectivity index (χ2n) is 6.12. The van der Waals surface area contributed by atoms with Gasteiger partial charge in [-0.2, -0.15) is 0 Å². The van der Waals surface area contributed by atoms with Crippen molar-refractivity contribution in [2.24, 2.45) is 5.16 Å². The second-order valence-corrected chi connectivity index (χ2v) is 6.12. The molecule has 1 atom stereocenters. The Morgan fingerprint density at radius 3 is 2.52 bits per heavy atom. The van der Waals surface area contributed by atoms with Gasteiger partial charge in [-0.25, -0.2) is 4.39 Å². The average molecular weight is 368 g/mol. The van der Waals surface area contributed by atoms with Crippen molar-refractivity contribution >= 4 is 29.4 Å². The molecule has 0 bridgehead atoms. The predicted octanol–water partition coefficient (Wildman–Crippen LogP) is 3.47. The molecule has 0 aromatic heterocycles. The number of carboxylic acid groups (broad SMARTS) is 1. The molecule has 1 amide bonds. The fourth-order valence-corrected chi connectivity index (χ4v) is 2.67. The first kappa shape index (κ1) is 18.3. The SMILES string of the molecule is O=C(O)CC1(C(=O)Nc2ccc(F)cc2)CC(C=Cc2ccccc2)=NO1. The van der Waals surface area contributed by atoms with Crippen LogP contribution in [0.2, 0.25) is 0 Å². The van der Waals surface area contributed by atoms with Crippen molar-refractivity contribution in [1.82, 2.24) is 0 Å². The van der Waals surface area contributed by atoms with Crippen molar-refractivity contribution in [3.63, 3.8) is 0 Å². The lowest BCUT2D eigenvalue weighted by Crippen LogP contribution is -2.45. The first-order chi connectivity index (χ1) is 13.0. The second kappa shape index (κ2) is 7.82. The Labute approximate surface area is 155 Å². The van der Waals surface area contributed by atoms with Gasteiger partial charge in [0.2, 0.25) is 5.60 Å². The Morgan fingerprint density at radius 2 is 1.85 bits per heavy atom. The molecule has 138 valence electrons. The molecule has 1 heterocycles. The summed E-state index contributed by atoms with van der Waals surface area (Å²) in [6, 6.07) is 14.6. The molecule has 27 heavy (non-hydrogen) atoms. The largest absolute Gasteiger partial charge is 0.481 e. The Kier molecular flexibility index (Phi) is 5.30. The first-order valence-corrected chi connectivity index (χ1v) is 8.24. The van der Waals surface area contributed by atoms with Crippen LogP contribution < -0.4 is 5.32 Å². The van der Waals surface area contributed by atoms with Crippen LogP contribution in [0.15, 0.2) is 65.8 Å². The number of carbonyl (C=O) groups is 2. The van der Waals surface area contributed by atoms with Gasteiger partial charge in [0.05, 0.1) is 12.1 Å². The van der Waals surface area contributed by atoms with Crippen LogP contribution in [0.4, 0.5) is 10.1 Å². The van der Waals surface area contributed by atoms with Crippen LogP contribution >= 0.6 is 0 Å². The quantitative estimate of drug-likeness (QED) is 0.817. The number of nitrogens with zero attached hydrogens (tertiary/aromatic N) is 1. The van der Waals surface area contributed by atoms with Crippen LogP contribution in [-0.2, 0) is 14.4 Å². The van der Waals surface area contributed by atoms with Crippen molar-refractivity contribution in [2.45, 2.75) is 18.4 Å². The van der Waals surface area contributed by atoms with Crippen molar-refractivity contribution in [2.75, 3.05) is 5.32 Å². The highest BCUT2D eigenvalue weighted by Gasteiger charge is 2.48. The highest BCUT2D eigenvalue weighted by atomic mass is 19.1. The number of benzene rings is 2. The van der Waals surface area contributed by atoms with E-state index in [1.54, 1.807) is 12.2 Å².